The lowest BCUT2D eigenvalue weighted by atomic mass is 9.92. The topological polar surface area (TPSA) is 101 Å². The van der Waals surface area contributed by atoms with Gasteiger partial charge in [0.25, 0.3) is 5.69 Å². The second-order valence-electron chi connectivity index (χ2n) is 22.7. The highest BCUT2D eigenvalue weighted by molar-refractivity contribution is 6.23. The number of anilines is 1. The molecule has 0 radical (unpaired) electrons. The molecule has 4 N–H and O–H groups in total. The number of rotatable bonds is 7. The highest BCUT2D eigenvalue weighted by Crippen LogP contribution is 2.42. The number of aromatic nitrogens is 2. The van der Waals surface area contributed by atoms with Crippen molar-refractivity contribution in [1.29, 1.82) is 0 Å². The van der Waals surface area contributed by atoms with E-state index < -0.39 is 0 Å². The molecule has 6 nitrogen and oxygen atoms in total. The number of hydrogen-bond acceptors (Lipinski definition) is 3. The number of hydrogen-bond donors (Lipinski definition) is 3. The lowest BCUT2D eigenvalue weighted by molar-refractivity contribution is -0.383. The highest BCUT2D eigenvalue weighted by Gasteiger charge is 2.18. The molecule has 0 aliphatic carbocycles. The van der Waals surface area contributed by atoms with Gasteiger partial charge in [-0.05, 0) is 141 Å². The molecule has 0 spiro atoms. The Hall–Kier alpha value is -12.1. The number of nitro groups is 1. The van der Waals surface area contributed by atoms with Crippen molar-refractivity contribution in [1.82, 2.24) is 9.97 Å². The minimum absolute atomic E-state index is 0.0297. The van der Waals surface area contributed by atoms with Crippen LogP contribution in [0.4, 0.5) is 11.4 Å². The fourth-order valence-electron chi connectivity index (χ4n) is 13.1. The van der Waals surface area contributed by atoms with Crippen LogP contribution in [-0.4, -0.2) is 14.9 Å². The fraction of sp³-hybridized carbons (Fsp3) is 0. The summed E-state index contributed by atoms with van der Waals surface area (Å²) in [4.78, 5) is 19.8. The van der Waals surface area contributed by atoms with Crippen LogP contribution in [0.1, 0.15) is 0 Å². The molecule has 0 aliphatic rings. The van der Waals surface area contributed by atoms with Gasteiger partial charge in [0.05, 0.1) is 27.2 Å². The van der Waals surface area contributed by atoms with E-state index in [2.05, 4.69) is 271 Å². The van der Waals surface area contributed by atoms with Crippen molar-refractivity contribution < 1.29 is 4.92 Å². The van der Waals surface area contributed by atoms with Crippen LogP contribution in [0.5, 0.6) is 0 Å². The Morgan fingerprint density at radius 3 is 0.811 bits per heavy atom. The average molecular weight is 1160 g/mol. The van der Waals surface area contributed by atoms with Gasteiger partial charge in [-0.2, -0.15) is 0 Å². The first-order valence-corrected chi connectivity index (χ1v) is 30.3. The molecule has 90 heavy (non-hydrogen) atoms. The average Bonchev–Trinajstić information content (AvgIpc) is 1.61. The molecular weight excluding hydrogens is 1100 g/mol. The van der Waals surface area contributed by atoms with Crippen LogP contribution in [0.3, 0.4) is 0 Å². The Bertz CT molecular complexity index is 5470. The standard InChI is InChI=1S/C42H28N2O2.C42H30N2/c45-44(46)40-24-12-23-39-37-20-10-8-18-35(37)34-17-7-9-19-36(34)38-22-11-21-33(41(38)43-42(39)40)32-26-30(28-13-3-1-4-14-28)25-31(27-32)29-15-5-2-6-16-29;43-40-24-12-23-39-37-20-10-8-18-35(37)34-17-7-9-19-36(34)38-22-11-21-33(41(38)44-42(39)40)32-26-30(28-13-3-1-4-14-28)25-31(27-32)29-15-5-2-6-16-29/h1-27,43H;1-27,44H,43H2. The van der Waals surface area contributed by atoms with E-state index in [9.17, 15) is 10.1 Å². The predicted molar refractivity (Wildman–Crippen MR) is 381 cm³/mol. The zero-order valence-corrected chi connectivity index (χ0v) is 49.0. The SMILES string of the molecule is Nc1cccc2c1[nH]c1c(-c3cc(-c4ccccc4)cc(-c4ccccc4)c3)cccc1c1ccccc1c1ccccc21.O=[N+]([O-])c1cccc2c1[nH]c1c(-c3cc(-c4ccccc4)cc(-c4ccccc4)c3)cccc1c1ccccc1c1ccccc21. The molecule has 0 saturated carbocycles. The largest absolute Gasteiger partial charge is 0.397 e. The Balaban J connectivity index is 0.000000150. The summed E-state index contributed by atoms with van der Waals surface area (Å²) in [6.45, 7) is 0. The smallest absolute Gasteiger partial charge is 0.293 e. The first-order chi connectivity index (χ1) is 44.4. The zero-order chi connectivity index (χ0) is 60.5. The number of fused-ring (bicyclic) bond motifs is 14. The maximum absolute atomic E-state index is 12.5. The summed E-state index contributed by atoms with van der Waals surface area (Å²) in [5, 5.41) is 25.3. The van der Waals surface area contributed by atoms with E-state index in [1.807, 2.05) is 54.6 Å². The van der Waals surface area contributed by atoms with E-state index in [-0.39, 0.29) is 10.6 Å². The van der Waals surface area contributed by atoms with Crippen molar-refractivity contribution >= 4 is 98.1 Å². The lowest BCUT2D eigenvalue weighted by Gasteiger charge is -2.13. The Morgan fingerprint density at radius 2 is 0.478 bits per heavy atom. The molecular formula is C84H58N4O2. The number of nitrogen functional groups attached to an aromatic ring is 1. The maximum Gasteiger partial charge on any atom is 0.293 e. The molecule has 2 heterocycles. The van der Waals surface area contributed by atoms with Gasteiger partial charge >= 0.3 is 0 Å². The number of non-ortho nitro benzene ring substituents is 1. The third-order valence-corrected chi connectivity index (χ3v) is 17.3. The van der Waals surface area contributed by atoms with Gasteiger partial charge in [0.15, 0.2) is 0 Å². The van der Waals surface area contributed by atoms with Crippen molar-refractivity contribution in [2.45, 2.75) is 0 Å². The van der Waals surface area contributed by atoms with E-state index in [0.717, 1.165) is 110 Å². The summed E-state index contributed by atoms with van der Waals surface area (Å²) in [6.07, 6.45) is 0. The van der Waals surface area contributed by atoms with Crippen LogP contribution in [0.25, 0.3) is 153 Å². The lowest BCUT2D eigenvalue weighted by Crippen LogP contribution is -1.92. The van der Waals surface area contributed by atoms with Gasteiger partial charge in [0.1, 0.15) is 5.52 Å². The van der Waals surface area contributed by atoms with Gasteiger partial charge in [-0.25, -0.2) is 0 Å². The van der Waals surface area contributed by atoms with E-state index in [1.54, 1.807) is 12.1 Å². The zero-order valence-electron chi connectivity index (χ0n) is 49.0. The number of benzene rings is 14. The van der Waals surface area contributed by atoms with E-state index >= 15 is 0 Å². The molecule has 0 aliphatic heterocycles. The molecule has 2 aromatic heterocycles. The molecule has 16 aromatic rings. The summed E-state index contributed by atoms with van der Waals surface area (Å²) >= 11 is 0. The van der Waals surface area contributed by atoms with Gasteiger partial charge in [-0.1, -0.05) is 279 Å². The van der Waals surface area contributed by atoms with Crippen LogP contribution >= 0.6 is 0 Å². The molecule has 0 bridgehead atoms. The highest BCUT2D eigenvalue weighted by atomic mass is 16.6. The van der Waals surface area contributed by atoms with Crippen molar-refractivity contribution in [2.24, 2.45) is 0 Å². The summed E-state index contributed by atoms with van der Waals surface area (Å²) in [6, 6.07) is 114. The molecule has 0 amide bonds. The predicted octanol–water partition coefficient (Wildman–Crippen LogP) is 23.0. The molecule has 0 saturated heterocycles. The van der Waals surface area contributed by atoms with Crippen molar-refractivity contribution in [3.8, 4) is 66.8 Å². The van der Waals surface area contributed by atoms with Crippen LogP contribution in [0.15, 0.2) is 328 Å². The molecule has 16 rings (SSSR count). The number of nitrogens with two attached hydrogens (primary N) is 1. The Kier molecular flexibility index (Phi) is 14.3. The molecule has 426 valence electrons. The minimum Gasteiger partial charge on any atom is -0.397 e. The number of para-hydroxylation sites is 4. The molecule has 6 heteroatoms. The van der Waals surface area contributed by atoms with Gasteiger partial charge in [-0.15, -0.1) is 0 Å². The molecule has 14 aromatic carbocycles. The monoisotopic (exact) mass is 1150 g/mol. The first kappa shape index (κ1) is 54.5. The fourth-order valence-corrected chi connectivity index (χ4v) is 13.1. The minimum atomic E-state index is -0.300. The van der Waals surface area contributed by atoms with Gasteiger partial charge < -0.3 is 15.7 Å². The second-order valence-corrected chi connectivity index (χ2v) is 22.7. The summed E-state index contributed by atoms with van der Waals surface area (Å²) < 4.78 is 0. The summed E-state index contributed by atoms with van der Waals surface area (Å²) in [5.74, 6) is 0. The second kappa shape index (κ2) is 23.6. The third-order valence-electron chi connectivity index (χ3n) is 17.3. The summed E-state index contributed by atoms with van der Waals surface area (Å²) in [7, 11) is 0. The van der Waals surface area contributed by atoms with E-state index in [0.29, 0.717) is 11.2 Å². The molecule has 0 atom stereocenters. The summed E-state index contributed by atoms with van der Waals surface area (Å²) in [5.41, 5.74) is 24.1. The third kappa shape index (κ3) is 10.2. The van der Waals surface area contributed by atoms with Gasteiger partial charge in [0.2, 0.25) is 0 Å². The van der Waals surface area contributed by atoms with E-state index in [4.69, 9.17) is 5.73 Å². The molecule has 0 fully saturated rings. The quantitative estimate of drug-likeness (QED) is 0.0842. The van der Waals surface area contributed by atoms with Crippen molar-refractivity contribution in [3.05, 3.63) is 338 Å². The normalized spacial score (nSPS) is 11.2. The Morgan fingerprint density at radius 1 is 0.233 bits per heavy atom. The maximum atomic E-state index is 12.5. The molecule has 0 unspecified atom stereocenters. The van der Waals surface area contributed by atoms with Gasteiger partial charge in [-0.3, -0.25) is 10.1 Å². The van der Waals surface area contributed by atoms with Crippen LogP contribution in [-0.2, 0) is 0 Å². The van der Waals surface area contributed by atoms with E-state index in [1.165, 1.54) is 38.4 Å². The number of H-pyrrole nitrogens is 2. The number of nitrogens with one attached hydrogen (secondary N) is 2. The van der Waals surface area contributed by atoms with Crippen molar-refractivity contribution in [3.63, 3.8) is 0 Å². The van der Waals surface area contributed by atoms with Crippen molar-refractivity contribution in [2.75, 3.05) is 5.73 Å². The van der Waals surface area contributed by atoms with Crippen LogP contribution in [0, 0.1) is 10.1 Å². The number of nitrogens with zero attached hydrogens (tertiary/aromatic N) is 1. The number of nitro benzene ring substituents is 1. The van der Waals surface area contributed by atoms with Gasteiger partial charge in [0, 0.05) is 38.7 Å². The number of aromatic amines is 2. The van der Waals surface area contributed by atoms with Crippen LogP contribution < -0.4 is 5.73 Å². The van der Waals surface area contributed by atoms with Crippen LogP contribution in [0.2, 0.25) is 0 Å². The Labute approximate surface area is 520 Å². The first-order valence-electron chi connectivity index (χ1n) is 30.3.